The van der Waals surface area contributed by atoms with Gasteiger partial charge < -0.3 is 14.6 Å². The highest BCUT2D eigenvalue weighted by Crippen LogP contribution is 2.17. The second kappa shape index (κ2) is 7.17. The number of benzene rings is 2. The Labute approximate surface area is 141 Å². The number of methoxy groups -OCH3 is 1. The van der Waals surface area contributed by atoms with E-state index in [4.69, 9.17) is 4.74 Å². The van der Waals surface area contributed by atoms with Crippen LogP contribution in [0.2, 0.25) is 0 Å². The van der Waals surface area contributed by atoms with Crippen molar-refractivity contribution in [3.8, 4) is 5.75 Å². The molecule has 5 heteroatoms. The molecular formula is C19H21N3O2. The molecule has 1 aromatic heterocycles. The van der Waals surface area contributed by atoms with Crippen LogP contribution in [0.25, 0.3) is 11.0 Å². The van der Waals surface area contributed by atoms with Crippen molar-refractivity contribution in [2.75, 3.05) is 13.7 Å². The number of rotatable bonds is 6. The molecule has 3 rings (SSSR count). The van der Waals surface area contributed by atoms with Crippen LogP contribution in [0.4, 0.5) is 0 Å². The monoisotopic (exact) mass is 323 g/mol. The van der Waals surface area contributed by atoms with Gasteiger partial charge in [0.2, 0.25) is 5.91 Å². The molecule has 0 atom stereocenters. The number of aryl methyl sites for hydroxylation is 1. The van der Waals surface area contributed by atoms with Gasteiger partial charge >= 0.3 is 0 Å². The van der Waals surface area contributed by atoms with Crippen LogP contribution in [0.15, 0.2) is 48.5 Å². The molecular weight excluding hydrogens is 302 g/mol. The van der Waals surface area contributed by atoms with E-state index in [2.05, 4.69) is 14.9 Å². The van der Waals surface area contributed by atoms with Gasteiger partial charge in [-0.1, -0.05) is 30.3 Å². The van der Waals surface area contributed by atoms with Crippen molar-refractivity contribution < 1.29 is 9.53 Å². The number of aromatic nitrogens is 2. The first-order valence-corrected chi connectivity index (χ1v) is 7.98. The predicted octanol–water partition coefficient (Wildman–Crippen LogP) is 2.48. The van der Waals surface area contributed by atoms with Crippen molar-refractivity contribution in [1.29, 1.82) is 0 Å². The first kappa shape index (κ1) is 16.1. The fourth-order valence-corrected chi connectivity index (χ4v) is 2.82. The number of carbonyl (C=O) groups is 1. The summed E-state index contributed by atoms with van der Waals surface area (Å²) in [5.41, 5.74) is 2.98. The summed E-state index contributed by atoms with van der Waals surface area (Å²) in [6.07, 6.45) is 1.01. The number of nitrogens with zero attached hydrogens (tertiary/aromatic N) is 2. The third-order valence-electron chi connectivity index (χ3n) is 4.09. The van der Waals surface area contributed by atoms with Gasteiger partial charge in [0.25, 0.3) is 0 Å². The van der Waals surface area contributed by atoms with Gasteiger partial charge in [-0.15, -0.1) is 0 Å². The van der Waals surface area contributed by atoms with Crippen LogP contribution in [-0.4, -0.2) is 29.1 Å². The molecule has 5 nitrogen and oxygen atoms in total. The van der Waals surface area contributed by atoms with Crippen molar-refractivity contribution in [1.82, 2.24) is 14.9 Å². The number of para-hydroxylation sites is 3. The van der Waals surface area contributed by atoms with E-state index in [9.17, 15) is 4.79 Å². The maximum atomic E-state index is 12.1. The van der Waals surface area contributed by atoms with Gasteiger partial charge in [0.15, 0.2) is 0 Å². The Hall–Kier alpha value is -2.82. The molecule has 1 heterocycles. The molecule has 0 fully saturated rings. The van der Waals surface area contributed by atoms with Crippen molar-refractivity contribution in [3.05, 3.63) is 59.9 Å². The molecule has 0 radical (unpaired) electrons. The molecule has 0 spiro atoms. The number of fused-ring (bicyclic) bond motifs is 1. The zero-order chi connectivity index (χ0) is 16.9. The summed E-state index contributed by atoms with van der Waals surface area (Å²) in [6, 6.07) is 15.6. The average Bonchev–Trinajstić information content (AvgIpc) is 2.92. The molecule has 3 aromatic rings. The van der Waals surface area contributed by atoms with Crippen LogP contribution in [-0.2, 0) is 24.7 Å². The maximum Gasteiger partial charge on any atom is 0.224 e. The quantitative estimate of drug-likeness (QED) is 0.758. The lowest BCUT2D eigenvalue weighted by Gasteiger charge is -2.09. The molecule has 2 aromatic carbocycles. The van der Waals surface area contributed by atoms with E-state index in [0.29, 0.717) is 19.4 Å². The fourth-order valence-electron chi connectivity index (χ4n) is 2.82. The Balaban J connectivity index is 1.57. The van der Waals surface area contributed by atoms with Gasteiger partial charge in [0.05, 0.1) is 24.6 Å². The SMILES string of the molecule is COc1ccccc1CC(=O)NCCc1nc2ccccc2n1C. The van der Waals surface area contributed by atoms with E-state index in [1.54, 1.807) is 7.11 Å². The smallest absolute Gasteiger partial charge is 0.224 e. The average molecular weight is 323 g/mol. The lowest BCUT2D eigenvalue weighted by Crippen LogP contribution is -2.28. The molecule has 0 saturated carbocycles. The molecule has 1 N–H and O–H groups in total. The predicted molar refractivity (Wildman–Crippen MR) is 94.1 cm³/mol. The maximum absolute atomic E-state index is 12.1. The van der Waals surface area contributed by atoms with Gasteiger partial charge in [0.1, 0.15) is 11.6 Å². The Morgan fingerprint density at radius 3 is 2.71 bits per heavy atom. The highest BCUT2D eigenvalue weighted by atomic mass is 16.5. The van der Waals surface area contributed by atoms with Crippen molar-refractivity contribution in [2.45, 2.75) is 12.8 Å². The topological polar surface area (TPSA) is 56.1 Å². The van der Waals surface area contributed by atoms with Crippen LogP contribution >= 0.6 is 0 Å². The van der Waals surface area contributed by atoms with E-state index >= 15 is 0 Å². The van der Waals surface area contributed by atoms with Crippen molar-refractivity contribution >= 4 is 16.9 Å². The molecule has 24 heavy (non-hydrogen) atoms. The molecule has 124 valence electrons. The molecule has 0 aliphatic rings. The number of amides is 1. The van der Waals surface area contributed by atoms with Crippen LogP contribution in [0.5, 0.6) is 5.75 Å². The number of imidazole rings is 1. The van der Waals surface area contributed by atoms with E-state index in [-0.39, 0.29) is 5.91 Å². The van der Waals surface area contributed by atoms with E-state index < -0.39 is 0 Å². The molecule has 0 aliphatic carbocycles. The standard InChI is InChI=1S/C19H21N3O2/c1-22-16-9-5-4-8-15(16)21-18(22)11-12-20-19(23)13-14-7-3-6-10-17(14)24-2/h3-10H,11-13H2,1-2H3,(H,20,23). The van der Waals surface area contributed by atoms with Crippen molar-refractivity contribution in [3.63, 3.8) is 0 Å². The first-order valence-electron chi connectivity index (χ1n) is 7.98. The van der Waals surface area contributed by atoms with E-state index in [0.717, 1.165) is 28.2 Å². The molecule has 0 unspecified atom stereocenters. The summed E-state index contributed by atoms with van der Waals surface area (Å²) in [5.74, 6) is 1.69. The van der Waals surface area contributed by atoms with Crippen molar-refractivity contribution in [2.24, 2.45) is 7.05 Å². The second-order valence-electron chi connectivity index (χ2n) is 5.66. The summed E-state index contributed by atoms with van der Waals surface area (Å²) in [7, 11) is 3.61. The van der Waals surface area contributed by atoms with Gasteiger partial charge in [0, 0.05) is 25.6 Å². The summed E-state index contributed by atoms with van der Waals surface area (Å²) in [4.78, 5) is 16.7. The number of hydrogen-bond acceptors (Lipinski definition) is 3. The van der Waals surface area contributed by atoms with Crippen LogP contribution < -0.4 is 10.1 Å². The first-order chi connectivity index (χ1) is 11.7. The van der Waals surface area contributed by atoms with Crippen LogP contribution in [0.3, 0.4) is 0 Å². The highest BCUT2D eigenvalue weighted by molar-refractivity contribution is 5.79. The van der Waals surface area contributed by atoms with Gasteiger partial charge in [-0.05, 0) is 18.2 Å². The Morgan fingerprint density at radius 1 is 1.17 bits per heavy atom. The fraction of sp³-hybridized carbons (Fsp3) is 0.263. The van der Waals surface area contributed by atoms with Crippen LogP contribution in [0.1, 0.15) is 11.4 Å². The lowest BCUT2D eigenvalue weighted by atomic mass is 10.1. The largest absolute Gasteiger partial charge is 0.496 e. The number of nitrogens with one attached hydrogen (secondary N) is 1. The minimum absolute atomic E-state index is 0.0155. The Kier molecular flexibility index (Phi) is 4.79. The van der Waals surface area contributed by atoms with Gasteiger partial charge in [-0.25, -0.2) is 4.98 Å². The minimum atomic E-state index is -0.0155. The highest BCUT2D eigenvalue weighted by Gasteiger charge is 2.10. The number of hydrogen-bond donors (Lipinski definition) is 1. The van der Waals surface area contributed by atoms with E-state index in [1.807, 2.05) is 55.6 Å². The normalized spacial score (nSPS) is 10.8. The molecule has 0 aliphatic heterocycles. The summed E-state index contributed by atoms with van der Waals surface area (Å²) in [5, 5.41) is 2.95. The summed E-state index contributed by atoms with van der Waals surface area (Å²) in [6.45, 7) is 0.561. The third-order valence-corrected chi connectivity index (χ3v) is 4.09. The summed E-state index contributed by atoms with van der Waals surface area (Å²) < 4.78 is 7.35. The molecule has 1 amide bonds. The Morgan fingerprint density at radius 2 is 1.92 bits per heavy atom. The Bertz CT molecular complexity index is 855. The van der Waals surface area contributed by atoms with Crippen LogP contribution in [0, 0.1) is 0 Å². The lowest BCUT2D eigenvalue weighted by molar-refractivity contribution is -0.120. The third kappa shape index (κ3) is 3.40. The van der Waals surface area contributed by atoms with Gasteiger partial charge in [-0.2, -0.15) is 0 Å². The zero-order valence-corrected chi connectivity index (χ0v) is 14.0. The number of carbonyl (C=O) groups excluding carboxylic acids is 1. The number of ether oxygens (including phenoxy) is 1. The van der Waals surface area contributed by atoms with Gasteiger partial charge in [-0.3, -0.25) is 4.79 Å². The molecule has 0 bridgehead atoms. The van der Waals surface area contributed by atoms with E-state index in [1.165, 1.54) is 0 Å². The zero-order valence-electron chi connectivity index (χ0n) is 14.0. The summed E-state index contributed by atoms with van der Waals surface area (Å²) >= 11 is 0. The molecule has 0 saturated heterocycles. The minimum Gasteiger partial charge on any atom is -0.496 e. The second-order valence-corrected chi connectivity index (χ2v) is 5.66.